The second kappa shape index (κ2) is 6.53. The van der Waals surface area contributed by atoms with E-state index in [1.807, 2.05) is 18.2 Å². The van der Waals surface area contributed by atoms with Crippen molar-refractivity contribution in [2.45, 2.75) is 19.3 Å². The Hall–Kier alpha value is -1.61. The van der Waals surface area contributed by atoms with E-state index in [2.05, 4.69) is 28.1 Å². The van der Waals surface area contributed by atoms with Crippen LogP contribution in [0.2, 0.25) is 0 Å². The number of carbonyl (C=O) groups is 1. The number of Topliss-reactive ketones (excluding diaryl/α,β-unsaturated/α-hetero) is 1. The number of rotatable bonds is 5. The van der Waals surface area contributed by atoms with Crippen molar-refractivity contribution < 1.29 is 4.79 Å². The molecular formula is C16H16BrNO. The highest BCUT2D eigenvalue weighted by Gasteiger charge is 2.07. The molecule has 0 aliphatic rings. The minimum atomic E-state index is 0.164. The van der Waals surface area contributed by atoms with Crippen molar-refractivity contribution in [3.63, 3.8) is 0 Å². The van der Waals surface area contributed by atoms with Crippen LogP contribution in [0.25, 0.3) is 0 Å². The van der Waals surface area contributed by atoms with Crippen LogP contribution in [-0.4, -0.2) is 5.78 Å². The summed E-state index contributed by atoms with van der Waals surface area (Å²) in [5, 5.41) is 0. The monoisotopic (exact) mass is 317 g/mol. The first-order valence-corrected chi connectivity index (χ1v) is 7.08. The zero-order chi connectivity index (χ0) is 13.7. The predicted octanol–water partition coefficient (Wildman–Crippen LogP) is 4.24. The number of aryl methyl sites for hydroxylation is 1. The summed E-state index contributed by atoms with van der Waals surface area (Å²) in [5.41, 5.74) is 8.35. The Morgan fingerprint density at radius 3 is 2.53 bits per heavy atom. The van der Waals surface area contributed by atoms with Crippen LogP contribution < -0.4 is 5.73 Å². The highest BCUT2D eigenvalue weighted by Crippen LogP contribution is 2.21. The molecule has 0 fully saturated rings. The number of nitrogen functional groups attached to an aromatic ring is 1. The predicted molar refractivity (Wildman–Crippen MR) is 82.3 cm³/mol. The highest BCUT2D eigenvalue weighted by molar-refractivity contribution is 9.10. The van der Waals surface area contributed by atoms with Gasteiger partial charge in [0.2, 0.25) is 0 Å². The number of nitrogens with two attached hydrogens (primary N) is 1. The first-order chi connectivity index (χ1) is 9.16. The molecule has 2 aromatic carbocycles. The molecule has 0 bridgehead atoms. The largest absolute Gasteiger partial charge is 0.398 e. The van der Waals surface area contributed by atoms with Crippen LogP contribution in [0, 0.1) is 0 Å². The van der Waals surface area contributed by atoms with Gasteiger partial charge in [-0.3, -0.25) is 4.79 Å². The van der Waals surface area contributed by atoms with E-state index in [0.29, 0.717) is 17.7 Å². The van der Waals surface area contributed by atoms with Crippen molar-refractivity contribution in [2.75, 3.05) is 5.73 Å². The smallest absolute Gasteiger partial charge is 0.162 e. The fraction of sp³-hybridized carbons (Fsp3) is 0.188. The van der Waals surface area contributed by atoms with E-state index < -0.39 is 0 Å². The molecule has 2 nitrogen and oxygen atoms in total. The Morgan fingerprint density at radius 2 is 1.84 bits per heavy atom. The minimum absolute atomic E-state index is 0.164. The summed E-state index contributed by atoms with van der Waals surface area (Å²) in [4.78, 5) is 12.0. The maximum atomic E-state index is 12.0. The Balaban J connectivity index is 1.89. The van der Waals surface area contributed by atoms with Crippen molar-refractivity contribution in [3.05, 3.63) is 64.1 Å². The molecule has 3 heteroatoms. The van der Waals surface area contributed by atoms with Gasteiger partial charge >= 0.3 is 0 Å². The topological polar surface area (TPSA) is 43.1 Å². The Kier molecular flexibility index (Phi) is 4.74. The average molecular weight is 318 g/mol. The standard InChI is InChI=1S/C16H16BrNO/c17-14-11-13(9-10-15(14)18)16(19)8-4-7-12-5-2-1-3-6-12/h1-3,5-6,9-11H,4,7-8,18H2. The zero-order valence-corrected chi connectivity index (χ0v) is 12.2. The molecule has 98 valence electrons. The number of hydrogen-bond acceptors (Lipinski definition) is 2. The highest BCUT2D eigenvalue weighted by atomic mass is 79.9. The van der Waals surface area contributed by atoms with Gasteiger partial charge in [0, 0.05) is 22.1 Å². The lowest BCUT2D eigenvalue weighted by Gasteiger charge is -2.04. The zero-order valence-electron chi connectivity index (χ0n) is 10.6. The van der Waals surface area contributed by atoms with Crippen molar-refractivity contribution in [1.82, 2.24) is 0 Å². The molecule has 0 atom stereocenters. The molecule has 0 radical (unpaired) electrons. The Labute approximate surface area is 121 Å². The number of benzene rings is 2. The molecule has 0 unspecified atom stereocenters. The van der Waals surface area contributed by atoms with E-state index in [1.54, 1.807) is 18.2 Å². The third kappa shape index (κ3) is 3.93. The van der Waals surface area contributed by atoms with E-state index in [1.165, 1.54) is 5.56 Å². The molecule has 2 rings (SSSR count). The molecule has 0 spiro atoms. The fourth-order valence-electron chi connectivity index (χ4n) is 1.94. The van der Waals surface area contributed by atoms with Gasteiger partial charge in [0.25, 0.3) is 0 Å². The second-order valence-electron chi connectivity index (χ2n) is 4.50. The van der Waals surface area contributed by atoms with Gasteiger partial charge in [-0.1, -0.05) is 30.3 Å². The van der Waals surface area contributed by atoms with Gasteiger partial charge in [0.05, 0.1) is 0 Å². The van der Waals surface area contributed by atoms with E-state index >= 15 is 0 Å². The summed E-state index contributed by atoms with van der Waals surface area (Å²) in [5.74, 6) is 0.164. The molecule has 2 aromatic rings. The number of carbonyl (C=O) groups excluding carboxylic acids is 1. The number of anilines is 1. The van der Waals surface area contributed by atoms with E-state index in [4.69, 9.17) is 5.73 Å². The van der Waals surface area contributed by atoms with Crippen molar-refractivity contribution >= 4 is 27.4 Å². The van der Waals surface area contributed by atoms with Gasteiger partial charge in [0.1, 0.15) is 0 Å². The molecule has 0 aromatic heterocycles. The SMILES string of the molecule is Nc1ccc(C(=O)CCCc2ccccc2)cc1Br. The summed E-state index contributed by atoms with van der Waals surface area (Å²) in [7, 11) is 0. The van der Waals surface area contributed by atoms with Gasteiger partial charge in [-0.2, -0.15) is 0 Å². The van der Waals surface area contributed by atoms with Crippen LogP contribution in [-0.2, 0) is 6.42 Å². The van der Waals surface area contributed by atoms with E-state index in [-0.39, 0.29) is 5.78 Å². The van der Waals surface area contributed by atoms with E-state index in [9.17, 15) is 4.79 Å². The average Bonchev–Trinajstić information content (AvgIpc) is 2.43. The third-order valence-electron chi connectivity index (χ3n) is 3.03. The molecule has 0 aliphatic heterocycles. The first kappa shape index (κ1) is 13.8. The second-order valence-corrected chi connectivity index (χ2v) is 5.35. The maximum absolute atomic E-state index is 12.0. The molecule has 0 amide bonds. The van der Waals surface area contributed by atoms with E-state index in [0.717, 1.165) is 17.3 Å². The number of hydrogen-bond donors (Lipinski definition) is 1. The van der Waals surface area contributed by atoms with Crippen molar-refractivity contribution in [3.8, 4) is 0 Å². The van der Waals surface area contributed by atoms with Crippen LogP contribution >= 0.6 is 15.9 Å². The summed E-state index contributed by atoms with van der Waals surface area (Å²) >= 11 is 3.34. The van der Waals surface area contributed by atoms with Crippen LogP contribution in [0.1, 0.15) is 28.8 Å². The van der Waals surface area contributed by atoms with Crippen molar-refractivity contribution in [2.24, 2.45) is 0 Å². The summed E-state index contributed by atoms with van der Waals surface area (Å²) in [6.07, 6.45) is 2.36. The Bertz CT molecular complexity index is 566. The lowest BCUT2D eigenvalue weighted by Crippen LogP contribution is -2.01. The lowest BCUT2D eigenvalue weighted by molar-refractivity contribution is 0.0980. The normalized spacial score (nSPS) is 10.4. The molecule has 0 aliphatic carbocycles. The Morgan fingerprint density at radius 1 is 1.11 bits per heavy atom. The first-order valence-electron chi connectivity index (χ1n) is 6.29. The quantitative estimate of drug-likeness (QED) is 0.662. The molecule has 0 saturated heterocycles. The molecule has 0 heterocycles. The molecule has 2 N–H and O–H groups in total. The van der Waals surface area contributed by atoms with Crippen LogP contribution in [0.4, 0.5) is 5.69 Å². The summed E-state index contributed by atoms with van der Waals surface area (Å²) < 4.78 is 0.779. The van der Waals surface area contributed by atoms with Crippen LogP contribution in [0.5, 0.6) is 0 Å². The van der Waals surface area contributed by atoms with Gasteiger partial charge in [-0.25, -0.2) is 0 Å². The van der Waals surface area contributed by atoms with Gasteiger partial charge < -0.3 is 5.73 Å². The lowest BCUT2D eigenvalue weighted by atomic mass is 10.0. The van der Waals surface area contributed by atoms with Crippen molar-refractivity contribution in [1.29, 1.82) is 0 Å². The molecular weight excluding hydrogens is 302 g/mol. The summed E-state index contributed by atoms with van der Waals surface area (Å²) in [6, 6.07) is 15.6. The van der Waals surface area contributed by atoms with Gasteiger partial charge in [-0.05, 0) is 52.5 Å². The van der Waals surface area contributed by atoms with Crippen LogP contribution in [0.15, 0.2) is 53.0 Å². The third-order valence-corrected chi connectivity index (χ3v) is 3.72. The molecule has 0 saturated carbocycles. The van der Waals surface area contributed by atoms with Gasteiger partial charge in [-0.15, -0.1) is 0 Å². The molecule has 19 heavy (non-hydrogen) atoms. The number of halogens is 1. The van der Waals surface area contributed by atoms with Crippen LogP contribution in [0.3, 0.4) is 0 Å². The summed E-state index contributed by atoms with van der Waals surface area (Å²) in [6.45, 7) is 0. The minimum Gasteiger partial charge on any atom is -0.398 e. The van der Waals surface area contributed by atoms with Gasteiger partial charge in [0.15, 0.2) is 5.78 Å². The number of ketones is 1. The maximum Gasteiger partial charge on any atom is 0.162 e. The fourth-order valence-corrected chi connectivity index (χ4v) is 2.32.